The number of rotatable bonds is 2. The predicted octanol–water partition coefficient (Wildman–Crippen LogP) is 1.27. The van der Waals surface area contributed by atoms with Gasteiger partial charge in [0.25, 0.3) is 0 Å². The Morgan fingerprint density at radius 3 is 2.85 bits per heavy atom. The fourth-order valence-electron chi connectivity index (χ4n) is 1.48. The second-order valence-corrected chi connectivity index (χ2v) is 3.24. The Morgan fingerprint density at radius 2 is 2.31 bits per heavy atom. The van der Waals surface area contributed by atoms with Crippen LogP contribution in [0.15, 0.2) is 23.6 Å². The van der Waals surface area contributed by atoms with Gasteiger partial charge in [0.15, 0.2) is 6.17 Å². The van der Waals surface area contributed by atoms with Crippen molar-refractivity contribution in [3.63, 3.8) is 0 Å². The van der Waals surface area contributed by atoms with Crippen LogP contribution < -0.4 is 0 Å². The minimum absolute atomic E-state index is 0.0451. The Hall–Kier alpha value is -0.740. The van der Waals surface area contributed by atoms with Gasteiger partial charge in [-0.15, -0.1) is 0 Å². The molecule has 72 valence electrons. The van der Waals surface area contributed by atoms with E-state index in [0.717, 1.165) is 11.6 Å². The summed E-state index contributed by atoms with van der Waals surface area (Å²) >= 11 is 0. The van der Waals surface area contributed by atoms with E-state index in [2.05, 4.69) is 0 Å². The summed E-state index contributed by atoms with van der Waals surface area (Å²) in [4.78, 5) is 0. The lowest BCUT2D eigenvalue weighted by Crippen LogP contribution is -2.12. The van der Waals surface area contributed by atoms with Crippen LogP contribution in [0.5, 0.6) is 0 Å². The van der Waals surface area contributed by atoms with Crippen LogP contribution >= 0.6 is 0 Å². The van der Waals surface area contributed by atoms with E-state index in [4.69, 9.17) is 9.84 Å². The van der Waals surface area contributed by atoms with Gasteiger partial charge in [0.05, 0.1) is 6.61 Å². The van der Waals surface area contributed by atoms with Gasteiger partial charge in [-0.05, 0) is 11.6 Å². The first kappa shape index (κ1) is 8.84. The Labute approximate surface area is 74.5 Å². The summed E-state index contributed by atoms with van der Waals surface area (Å²) in [5, 5.41) is 8.69. The topological polar surface area (TPSA) is 32.8 Å². The molecule has 3 atom stereocenters. The molecule has 0 spiro atoms. The average Bonchev–Trinajstić information content (AvgIpc) is 2.88. The smallest absolute Gasteiger partial charge is 0.155 e. The van der Waals surface area contributed by atoms with E-state index in [1.54, 1.807) is 0 Å². The van der Waals surface area contributed by atoms with Crippen LogP contribution in [-0.2, 0) is 4.74 Å². The van der Waals surface area contributed by atoms with Gasteiger partial charge in [-0.3, -0.25) is 0 Å². The van der Waals surface area contributed by atoms with E-state index in [1.165, 1.54) is 6.08 Å². The van der Waals surface area contributed by atoms with Crippen LogP contribution in [-0.4, -0.2) is 30.1 Å². The third kappa shape index (κ3) is 1.64. The highest BCUT2D eigenvalue weighted by Gasteiger charge is 2.42. The highest BCUT2D eigenvalue weighted by atomic mass is 19.2. The zero-order chi connectivity index (χ0) is 9.42. The van der Waals surface area contributed by atoms with Gasteiger partial charge in [-0.1, -0.05) is 6.08 Å². The summed E-state index contributed by atoms with van der Waals surface area (Å²) in [5.74, 6) is -0.732. The Kier molecular flexibility index (Phi) is 2.17. The van der Waals surface area contributed by atoms with Gasteiger partial charge < -0.3 is 9.84 Å². The van der Waals surface area contributed by atoms with Gasteiger partial charge in [-0.2, -0.15) is 0 Å². The number of allylic oxidation sites excluding steroid dienone is 3. The molecule has 0 amide bonds. The molecule has 2 rings (SSSR count). The van der Waals surface area contributed by atoms with E-state index in [-0.39, 0.29) is 25.2 Å². The monoisotopic (exact) mass is 188 g/mol. The van der Waals surface area contributed by atoms with Crippen molar-refractivity contribution in [3.05, 3.63) is 23.6 Å². The predicted molar refractivity (Wildman–Crippen MR) is 42.5 cm³/mol. The van der Waals surface area contributed by atoms with Crippen molar-refractivity contribution in [3.8, 4) is 0 Å². The number of hydrogen-bond acceptors (Lipinski definition) is 2. The van der Waals surface area contributed by atoms with Crippen molar-refractivity contribution in [2.45, 2.75) is 24.8 Å². The van der Waals surface area contributed by atoms with Crippen LogP contribution in [0, 0.1) is 0 Å². The molecule has 3 unspecified atom stereocenters. The second-order valence-electron chi connectivity index (χ2n) is 3.24. The van der Waals surface area contributed by atoms with E-state index in [0.29, 0.717) is 0 Å². The van der Waals surface area contributed by atoms with Gasteiger partial charge in [0, 0.05) is 6.42 Å². The minimum atomic E-state index is -1.54. The molecule has 1 fully saturated rings. The number of aliphatic hydroxyl groups excluding tert-OH is 1. The molecule has 1 N–H and O–H groups in total. The van der Waals surface area contributed by atoms with Crippen molar-refractivity contribution in [1.82, 2.24) is 0 Å². The largest absolute Gasteiger partial charge is 0.394 e. The molecule has 1 saturated heterocycles. The molecule has 0 saturated carbocycles. The summed E-state index contributed by atoms with van der Waals surface area (Å²) in [7, 11) is 0. The molecular formula is C9H10F2O2. The van der Waals surface area contributed by atoms with Crippen molar-refractivity contribution in [2.24, 2.45) is 0 Å². The fraction of sp³-hybridized carbons (Fsp3) is 0.556. The van der Waals surface area contributed by atoms with Gasteiger partial charge in [0.1, 0.15) is 18.0 Å². The number of hydrogen-bond donors (Lipinski definition) is 1. The standard InChI is InChI=1S/C9H10F2O2/c10-6-2-1-5(3-7(6)11)9-8(4-12)13-9/h1-2,7-9,12H,3-4H2. The third-order valence-electron chi connectivity index (χ3n) is 2.30. The minimum Gasteiger partial charge on any atom is -0.394 e. The quantitative estimate of drug-likeness (QED) is 0.662. The fourth-order valence-corrected chi connectivity index (χ4v) is 1.48. The Bertz CT molecular complexity index is 273. The molecule has 0 aromatic heterocycles. The lowest BCUT2D eigenvalue weighted by molar-refractivity contribution is 0.242. The summed E-state index contributed by atoms with van der Waals surface area (Å²) in [6.07, 6.45) is 0.749. The van der Waals surface area contributed by atoms with Crippen LogP contribution in [0.3, 0.4) is 0 Å². The van der Waals surface area contributed by atoms with E-state index >= 15 is 0 Å². The average molecular weight is 188 g/mol. The van der Waals surface area contributed by atoms with E-state index in [9.17, 15) is 8.78 Å². The Balaban J connectivity index is 2.03. The number of ether oxygens (including phenoxy) is 1. The zero-order valence-electron chi connectivity index (χ0n) is 6.91. The second kappa shape index (κ2) is 3.20. The normalized spacial score (nSPS) is 38.2. The van der Waals surface area contributed by atoms with Crippen LogP contribution in [0.1, 0.15) is 6.42 Å². The van der Waals surface area contributed by atoms with Crippen LogP contribution in [0.2, 0.25) is 0 Å². The summed E-state index contributed by atoms with van der Waals surface area (Å²) < 4.78 is 30.5. The third-order valence-corrected chi connectivity index (χ3v) is 2.30. The first-order valence-electron chi connectivity index (χ1n) is 4.19. The summed E-state index contributed by atoms with van der Waals surface area (Å²) in [6.45, 7) is -0.0643. The number of halogens is 2. The lowest BCUT2D eigenvalue weighted by atomic mass is 9.98. The molecule has 1 aliphatic carbocycles. The van der Waals surface area contributed by atoms with Crippen molar-refractivity contribution < 1.29 is 18.6 Å². The van der Waals surface area contributed by atoms with Crippen molar-refractivity contribution in [2.75, 3.05) is 6.61 Å². The van der Waals surface area contributed by atoms with E-state index in [1.807, 2.05) is 0 Å². The molecule has 0 aromatic carbocycles. The molecule has 2 nitrogen and oxygen atoms in total. The molecular weight excluding hydrogens is 178 g/mol. The molecule has 0 aromatic rings. The molecule has 1 aliphatic heterocycles. The number of alkyl halides is 1. The lowest BCUT2D eigenvalue weighted by Gasteiger charge is -2.11. The first-order chi connectivity index (χ1) is 6.22. The van der Waals surface area contributed by atoms with Gasteiger partial charge in [0.2, 0.25) is 0 Å². The van der Waals surface area contributed by atoms with E-state index < -0.39 is 12.0 Å². The molecule has 0 radical (unpaired) electrons. The summed E-state index contributed by atoms with van der Waals surface area (Å²) in [5.41, 5.74) is 0.730. The highest BCUT2D eigenvalue weighted by molar-refractivity contribution is 5.30. The maximum Gasteiger partial charge on any atom is 0.155 e. The molecule has 4 heteroatoms. The SMILES string of the molecule is OCC1OC1C1=CC=C(F)C(F)C1. The first-order valence-corrected chi connectivity index (χ1v) is 4.19. The number of epoxide rings is 1. The zero-order valence-corrected chi connectivity index (χ0v) is 6.91. The maximum atomic E-state index is 12.8. The van der Waals surface area contributed by atoms with Crippen LogP contribution in [0.25, 0.3) is 0 Å². The maximum absolute atomic E-state index is 12.8. The number of aliphatic hydroxyl groups is 1. The molecule has 2 aliphatic rings. The highest BCUT2D eigenvalue weighted by Crippen LogP contribution is 2.35. The van der Waals surface area contributed by atoms with Gasteiger partial charge in [-0.25, -0.2) is 8.78 Å². The molecule has 1 heterocycles. The molecule has 13 heavy (non-hydrogen) atoms. The Morgan fingerprint density at radius 1 is 1.54 bits per heavy atom. The molecule has 0 bridgehead atoms. The van der Waals surface area contributed by atoms with Gasteiger partial charge >= 0.3 is 0 Å². The summed E-state index contributed by atoms with van der Waals surface area (Å²) in [6, 6.07) is 0. The van der Waals surface area contributed by atoms with Crippen LogP contribution in [0.4, 0.5) is 8.78 Å². The van der Waals surface area contributed by atoms with Crippen molar-refractivity contribution in [1.29, 1.82) is 0 Å². The van der Waals surface area contributed by atoms with Crippen molar-refractivity contribution >= 4 is 0 Å².